The molecule has 0 aliphatic heterocycles. The van der Waals surface area contributed by atoms with Crippen molar-refractivity contribution in [3.05, 3.63) is 16.8 Å². The summed E-state index contributed by atoms with van der Waals surface area (Å²) < 4.78 is 5.81. The molecule has 1 saturated carbocycles. The fourth-order valence-electron chi connectivity index (χ4n) is 2.44. The molecule has 0 aromatic carbocycles. The molecule has 1 fully saturated rings. The van der Waals surface area contributed by atoms with Gasteiger partial charge in [-0.15, -0.1) is 5.10 Å². The molecule has 1 heterocycles. The Morgan fingerprint density at radius 1 is 1.16 bits per heavy atom. The predicted octanol–water partition coefficient (Wildman–Crippen LogP) is 2.89. The first-order valence-electron chi connectivity index (χ1n) is 6.83. The molecule has 5 heteroatoms. The lowest BCUT2D eigenvalue weighted by molar-refractivity contribution is 0.0684. The van der Waals surface area contributed by atoms with E-state index in [9.17, 15) is 9.90 Å². The van der Waals surface area contributed by atoms with Gasteiger partial charge in [0.05, 0.1) is 5.69 Å². The summed E-state index contributed by atoms with van der Waals surface area (Å²) in [6.07, 6.45) is 6.71. The van der Waals surface area contributed by atoms with E-state index in [2.05, 4.69) is 10.2 Å². The van der Waals surface area contributed by atoms with Crippen LogP contribution in [0.1, 0.15) is 60.1 Å². The van der Waals surface area contributed by atoms with Crippen molar-refractivity contribution in [1.82, 2.24) is 10.2 Å². The topological polar surface area (TPSA) is 72.3 Å². The number of carboxylic acids is 1. The van der Waals surface area contributed by atoms with Gasteiger partial charge in [-0.2, -0.15) is 5.10 Å². The minimum Gasteiger partial charge on any atom is -0.477 e. The van der Waals surface area contributed by atoms with E-state index in [1.54, 1.807) is 13.8 Å². The maximum absolute atomic E-state index is 11.4. The fourth-order valence-corrected chi connectivity index (χ4v) is 2.44. The molecule has 1 aromatic heterocycles. The van der Waals surface area contributed by atoms with E-state index in [1.165, 1.54) is 12.8 Å². The molecular weight excluding hydrogens is 244 g/mol. The van der Waals surface area contributed by atoms with E-state index < -0.39 is 5.97 Å². The lowest BCUT2D eigenvalue weighted by atomic mass is 10.1. The number of ether oxygens (including phenoxy) is 1. The Bertz CT molecular complexity index is 466. The van der Waals surface area contributed by atoms with Crippen molar-refractivity contribution in [2.45, 2.75) is 58.5 Å². The van der Waals surface area contributed by atoms with Crippen LogP contribution in [0, 0.1) is 13.8 Å². The highest BCUT2D eigenvalue weighted by Gasteiger charge is 2.22. The number of aromatic nitrogens is 2. The van der Waals surface area contributed by atoms with Crippen LogP contribution in [0.4, 0.5) is 0 Å². The molecule has 0 unspecified atom stereocenters. The Labute approximate surface area is 113 Å². The largest absolute Gasteiger partial charge is 0.477 e. The SMILES string of the molecule is Cc1nnc(OC2CCCCCC2)c(C(=O)O)c1C. The quantitative estimate of drug-likeness (QED) is 0.850. The average Bonchev–Trinajstić information content (AvgIpc) is 2.62. The third-order valence-corrected chi connectivity index (χ3v) is 3.72. The van der Waals surface area contributed by atoms with Crippen molar-refractivity contribution in [2.24, 2.45) is 0 Å². The zero-order valence-electron chi connectivity index (χ0n) is 11.5. The highest BCUT2D eigenvalue weighted by molar-refractivity contribution is 5.92. The van der Waals surface area contributed by atoms with Crippen LogP contribution >= 0.6 is 0 Å². The van der Waals surface area contributed by atoms with Crippen molar-refractivity contribution < 1.29 is 14.6 Å². The molecule has 0 bridgehead atoms. The lowest BCUT2D eigenvalue weighted by Gasteiger charge is -2.18. The molecule has 5 nitrogen and oxygen atoms in total. The normalized spacial score (nSPS) is 16.9. The molecule has 0 spiro atoms. The van der Waals surface area contributed by atoms with Crippen LogP contribution in [-0.4, -0.2) is 27.4 Å². The minimum atomic E-state index is -1.00. The van der Waals surface area contributed by atoms with Gasteiger partial charge in [0.2, 0.25) is 5.88 Å². The molecule has 1 aromatic rings. The molecule has 1 aliphatic carbocycles. The van der Waals surface area contributed by atoms with Gasteiger partial charge in [0.25, 0.3) is 0 Å². The van der Waals surface area contributed by atoms with Crippen LogP contribution in [0.3, 0.4) is 0 Å². The van der Waals surface area contributed by atoms with Crippen LogP contribution in [0.15, 0.2) is 0 Å². The van der Waals surface area contributed by atoms with Gasteiger partial charge in [-0.05, 0) is 45.1 Å². The van der Waals surface area contributed by atoms with Crippen LogP contribution in [0.2, 0.25) is 0 Å². The van der Waals surface area contributed by atoms with E-state index in [-0.39, 0.29) is 17.5 Å². The van der Waals surface area contributed by atoms with E-state index in [4.69, 9.17) is 4.74 Å². The predicted molar refractivity (Wildman–Crippen MR) is 70.6 cm³/mol. The highest BCUT2D eigenvalue weighted by Crippen LogP contribution is 2.26. The van der Waals surface area contributed by atoms with Crippen LogP contribution in [-0.2, 0) is 0 Å². The van der Waals surface area contributed by atoms with Crippen molar-refractivity contribution in [1.29, 1.82) is 0 Å². The number of carboxylic acid groups (broad SMARTS) is 1. The van der Waals surface area contributed by atoms with Crippen molar-refractivity contribution in [2.75, 3.05) is 0 Å². The van der Waals surface area contributed by atoms with Gasteiger partial charge >= 0.3 is 5.97 Å². The van der Waals surface area contributed by atoms with Gasteiger partial charge in [-0.1, -0.05) is 12.8 Å². The third kappa shape index (κ3) is 3.22. The highest BCUT2D eigenvalue weighted by atomic mass is 16.5. The van der Waals surface area contributed by atoms with Crippen molar-refractivity contribution in [3.63, 3.8) is 0 Å². The number of hydrogen-bond donors (Lipinski definition) is 1. The maximum Gasteiger partial charge on any atom is 0.341 e. The lowest BCUT2D eigenvalue weighted by Crippen LogP contribution is -2.19. The Kier molecular flexibility index (Phi) is 4.35. The molecule has 0 radical (unpaired) electrons. The van der Waals surface area contributed by atoms with E-state index in [1.807, 2.05) is 0 Å². The maximum atomic E-state index is 11.4. The number of carbonyl (C=O) groups is 1. The van der Waals surface area contributed by atoms with Crippen LogP contribution < -0.4 is 4.74 Å². The Morgan fingerprint density at radius 3 is 2.37 bits per heavy atom. The molecule has 0 saturated heterocycles. The van der Waals surface area contributed by atoms with E-state index in [0.717, 1.165) is 25.7 Å². The van der Waals surface area contributed by atoms with Crippen molar-refractivity contribution in [3.8, 4) is 5.88 Å². The second-order valence-corrected chi connectivity index (χ2v) is 5.13. The Balaban J connectivity index is 2.24. The number of rotatable bonds is 3. The molecule has 0 amide bonds. The summed E-state index contributed by atoms with van der Waals surface area (Å²) in [5, 5.41) is 17.2. The second-order valence-electron chi connectivity index (χ2n) is 5.13. The summed E-state index contributed by atoms with van der Waals surface area (Å²) in [5.74, 6) is -0.832. The first-order valence-corrected chi connectivity index (χ1v) is 6.83. The standard InChI is InChI=1S/C14H20N2O3/c1-9-10(2)15-16-13(12(9)14(17)18)19-11-7-5-3-4-6-8-11/h11H,3-8H2,1-2H3,(H,17,18). The molecule has 104 valence electrons. The average molecular weight is 264 g/mol. The van der Waals surface area contributed by atoms with E-state index in [0.29, 0.717) is 11.3 Å². The van der Waals surface area contributed by atoms with Gasteiger partial charge in [0.15, 0.2) is 0 Å². The van der Waals surface area contributed by atoms with Crippen LogP contribution in [0.25, 0.3) is 0 Å². The zero-order valence-corrected chi connectivity index (χ0v) is 11.5. The first-order chi connectivity index (χ1) is 9.09. The summed E-state index contributed by atoms with van der Waals surface area (Å²) in [7, 11) is 0. The second kappa shape index (κ2) is 5.99. The summed E-state index contributed by atoms with van der Waals surface area (Å²) in [6.45, 7) is 3.50. The monoisotopic (exact) mass is 264 g/mol. The summed E-state index contributed by atoms with van der Waals surface area (Å²) >= 11 is 0. The third-order valence-electron chi connectivity index (χ3n) is 3.72. The number of aryl methyl sites for hydroxylation is 1. The smallest absolute Gasteiger partial charge is 0.341 e. The number of aromatic carboxylic acids is 1. The van der Waals surface area contributed by atoms with Gasteiger partial charge in [0, 0.05) is 0 Å². The van der Waals surface area contributed by atoms with Crippen LogP contribution in [0.5, 0.6) is 5.88 Å². The van der Waals surface area contributed by atoms with Crippen molar-refractivity contribution >= 4 is 5.97 Å². The minimum absolute atomic E-state index is 0.0667. The molecule has 1 N–H and O–H groups in total. The van der Waals surface area contributed by atoms with Gasteiger partial charge < -0.3 is 9.84 Å². The van der Waals surface area contributed by atoms with Gasteiger partial charge in [0.1, 0.15) is 11.7 Å². The Morgan fingerprint density at radius 2 is 1.79 bits per heavy atom. The summed E-state index contributed by atoms with van der Waals surface area (Å²) in [6, 6.07) is 0. The zero-order chi connectivity index (χ0) is 13.8. The van der Waals surface area contributed by atoms with E-state index >= 15 is 0 Å². The van der Waals surface area contributed by atoms with Gasteiger partial charge in [-0.3, -0.25) is 0 Å². The Hall–Kier alpha value is -1.65. The molecule has 0 atom stereocenters. The molecule has 1 aliphatic rings. The summed E-state index contributed by atoms with van der Waals surface area (Å²) in [4.78, 5) is 11.4. The summed E-state index contributed by atoms with van der Waals surface area (Å²) in [5.41, 5.74) is 1.41. The first kappa shape index (κ1) is 13.8. The molecular formula is C14H20N2O3. The molecule has 2 rings (SSSR count). The molecule has 19 heavy (non-hydrogen) atoms. The fraction of sp³-hybridized carbons (Fsp3) is 0.643. The number of nitrogens with zero attached hydrogens (tertiary/aromatic N) is 2. The number of hydrogen-bond acceptors (Lipinski definition) is 4. The van der Waals surface area contributed by atoms with Gasteiger partial charge in [-0.25, -0.2) is 4.79 Å².